The summed E-state index contributed by atoms with van der Waals surface area (Å²) >= 11 is 0. The fourth-order valence-electron chi connectivity index (χ4n) is 1.99. The second-order valence-electron chi connectivity index (χ2n) is 4.58. The average molecular weight is 311 g/mol. The van der Waals surface area contributed by atoms with Gasteiger partial charge in [-0.3, -0.25) is 14.4 Å². The van der Waals surface area contributed by atoms with Crippen LogP contribution in [-0.4, -0.2) is 48.0 Å². The van der Waals surface area contributed by atoms with Crippen LogP contribution in [0.1, 0.15) is 18.6 Å². The molecule has 22 heavy (non-hydrogen) atoms. The van der Waals surface area contributed by atoms with Crippen molar-refractivity contribution in [2.75, 3.05) is 42.6 Å². The Morgan fingerprint density at radius 1 is 1.36 bits per heavy atom. The zero-order chi connectivity index (χ0) is 16.3. The van der Waals surface area contributed by atoms with Crippen LogP contribution in [0.5, 0.6) is 0 Å². The highest BCUT2D eigenvalue weighted by molar-refractivity contribution is 5.82. The van der Waals surface area contributed by atoms with E-state index in [1.807, 2.05) is 0 Å². The van der Waals surface area contributed by atoms with Gasteiger partial charge in [-0.2, -0.15) is 4.98 Å². The van der Waals surface area contributed by atoms with Crippen LogP contribution in [0, 0.1) is 0 Å². The molecule has 0 bridgehead atoms. The van der Waals surface area contributed by atoms with Gasteiger partial charge in [-0.1, -0.05) is 0 Å². The van der Waals surface area contributed by atoms with E-state index in [1.54, 1.807) is 4.90 Å². The highest BCUT2D eigenvalue weighted by Crippen LogP contribution is 2.26. The number of carbonyl (C=O) groups excluding carboxylic acids is 2. The van der Waals surface area contributed by atoms with E-state index in [4.69, 9.17) is 15.2 Å². The van der Waals surface area contributed by atoms with Crippen molar-refractivity contribution in [1.29, 1.82) is 0 Å². The number of carbonyl (C=O) groups is 2. The van der Waals surface area contributed by atoms with E-state index in [-0.39, 0.29) is 37.5 Å². The van der Waals surface area contributed by atoms with Crippen molar-refractivity contribution < 1.29 is 19.1 Å². The van der Waals surface area contributed by atoms with Crippen molar-refractivity contribution in [1.82, 2.24) is 9.55 Å². The van der Waals surface area contributed by atoms with Crippen LogP contribution >= 0.6 is 0 Å². The van der Waals surface area contributed by atoms with Crippen molar-refractivity contribution in [2.24, 2.45) is 0 Å². The molecule has 0 fully saturated rings. The van der Waals surface area contributed by atoms with Gasteiger partial charge in [-0.05, 0) is 0 Å². The molecule has 0 saturated heterocycles. The first-order valence-electron chi connectivity index (χ1n) is 6.55. The van der Waals surface area contributed by atoms with Crippen molar-refractivity contribution >= 4 is 29.3 Å². The maximum absolute atomic E-state index is 12.2. The zero-order valence-corrected chi connectivity index (χ0v) is 12.3. The Labute approximate surface area is 125 Å². The molecule has 1 aliphatic heterocycles. The third kappa shape index (κ3) is 3.17. The van der Waals surface area contributed by atoms with Gasteiger partial charge in [-0.15, -0.1) is 0 Å². The summed E-state index contributed by atoms with van der Waals surface area (Å²) in [5.74, 6) is -0.732. The normalized spacial score (nSPS) is 12.7. The Morgan fingerprint density at radius 2 is 2.09 bits per heavy atom. The largest absolute Gasteiger partial charge is 0.463 e. The van der Waals surface area contributed by atoms with Gasteiger partial charge >= 0.3 is 5.97 Å². The molecule has 2 heterocycles. The molecule has 0 aliphatic carbocycles. The number of nitrogen functional groups attached to an aromatic ring is 1. The molecule has 3 N–H and O–H groups in total. The van der Waals surface area contributed by atoms with Gasteiger partial charge in [0, 0.05) is 13.8 Å². The molecular weight excluding hydrogens is 294 g/mol. The third-order valence-corrected chi connectivity index (χ3v) is 2.93. The summed E-state index contributed by atoms with van der Waals surface area (Å²) in [5, 5.41) is 2.86. The summed E-state index contributed by atoms with van der Waals surface area (Å²) in [7, 11) is 0. The number of nitrogens with zero attached hydrogens (tertiary/aromatic N) is 3. The van der Waals surface area contributed by atoms with Gasteiger partial charge in [0.1, 0.15) is 19.0 Å². The number of ether oxygens (including phenoxy) is 2. The molecule has 1 aliphatic rings. The van der Waals surface area contributed by atoms with E-state index >= 15 is 0 Å². The molecule has 0 atom stereocenters. The van der Waals surface area contributed by atoms with Crippen molar-refractivity contribution in [3.05, 3.63) is 10.4 Å². The number of hydrogen-bond acceptors (Lipinski definition) is 9. The second-order valence-corrected chi connectivity index (χ2v) is 4.58. The predicted molar refractivity (Wildman–Crippen MR) is 77.6 cm³/mol. The first-order chi connectivity index (χ1) is 10.4. The van der Waals surface area contributed by atoms with Gasteiger partial charge in [0.05, 0.1) is 13.3 Å². The predicted octanol–water partition coefficient (Wildman–Crippen LogP) is -0.788. The Hall–Kier alpha value is -2.62. The lowest BCUT2D eigenvalue weighted by Gasteiger charge is -2.17. The summed E-state index contributed by atoms with van der Waals surface area (Å²) in [6.07, 6.45) is 0. The summed E-state index contributed by atoms with van der Waals surface area (Å²) in [4.78, 5) is 39.9. The van der Waals surface area contributed by atoms with Gasteiger partial charge < -0.3 is 25.4 Å². The summed E-state index contributed by atoms with van der Waals surface area (Å²) in [6, 6.07) is 0. The highest BCUT2D eigenvalue weighted by atomic mass is 16.6. The van der Waals surface area contributed by atoms with Crippen molar-refractivity contribution in [3.8, 4) is 0 Å². The minimum Gasteiger partial charge on any atom is -0.463 e. The van der Waals surface area contributed by atoms with Crippen molar-refractivity contribution in [2.45, 2.75) is 13.8 Å². The molecular formula is C12H17N5O5. The Bertz CT molecular complexity index is 656. The summed E-state index contributed by atoms with van der Waals surface area (Å²) in [5.41, 5.74) is 5.30. The van der Waals surface area contributed by atoms with E-state index in [2.05, 4.69) is 10.3 Å². The quantitative estimate of drug-likeness (QED) is 0.531. The van der Waals surface area contributed by atoms with Crippen LogP contribution in [0.4, 0.5) is 17.5 Å². The van der Waals surface area contributed by atoms with Gasteiger partial charge in [0.2, 0.25) is 11.9 Å². The molecule has 0 unspecified atom stereocenters. The average Bonchev–Trinajstić information content (AvgIpc) is 2.81. The van der Waals surface area contributed by atoms with Crippen LogP contribution < -0.4 is 21.5 Å². The zero-order valence-electron chi connectivity index (χ0n) is 12.3. The van der Waals surface area contributed by atoms with E-state index in [0.717, 1.165) is 4.57 Å². The molecule has 2 rings (SSSR count). The molecule has 10 nitrogen and oxygen atoms in total. The van der Waals surface area contributed by atoms with Gasteiger partial charge in [0.25, 0.3) is 5.56 Å². The number of fused-ring (bicyclic) bond motifs is 1. The molecule has 0 saturated carbocycles. The van der Waals surface area contributed by atoms with Crippen LogP contribution in [0.25, 0.3) is 0 Å². The standard InChI is InChI=1S/C12H17N5O5/c1-7(18)17-11(20)9-10(15-12(17)13)16(5-14-9)6-21-3-4-22-8(2)19/h14H,3-6H2,1-2H3,(H2,13,15). The lowest BCUT2D eigenvalue weighted by atomic mass is 10.4. The Balaban J connectivity index is 2.05. The first kappa shape index (κ1) is 15.8. The molecule has 1 aromatic rings. The summed E-state index contributed by atoms with van der Waals surface area (Å²) < 4.78 is 10.9. The summed E-state index contributed by atoms with van der Waals surface area (Å²) in [6.45, 7) is 3.34. The molecule has 10 heteroatoms. The first-order valence-corrected chi connectivity index (χ1v) is 6.55. The maximum Gasteiger partial charge on any atom is 0.302 e. The topological polar surface area (TPSA) is 129 Å². The number of nitrogens with one attached hydrogen (secondary N) is 1. The van der Waals surface area contributed by atoms with E-state index in [0.29, 0.717) is 12.5 Å². The lowest BCUT2D eigenvalue weighted by Crippen LogP contribution is -2.30. The van der Waals surface area contributed by atoms with Gasteiger partial charge in [-0.25, -0.2) is 4.57 Å². The number of aromatic nitrogens is 2. The second kappa shape index (κ2) is 6.43. The van der Waals surface area contributed by atoms with Crippen LogP contribution in [-0.2, 0) is 14.3 Å². The number of nitrogens with two attached hydrogens (primary N) is 1. The number of rotatable bonds is 5. The fourth-order valence-corrected chi connectivity index (χ4v) is 1.99. The Morgan fingerprint density at radius 3 is 2.73 bits per heavy atom. The fraction of sp³-hybridized carbons (Fsp3) is 0.500. The molecule has 0 radical (unpaired) electrons. The minimum absolute atomic E-state index is 0.136. The molecule has 120 valence electrons. The van der Waals surface area contributed by atoms with Gasteiger partial charge in [0.15, 0.2) is 5.82 Å². The van der Waals surface area contributed by atoms with E-state index < -0.39 is 11.5 Å². The third-order valence-electron chi connectivity index (χ3n) is 2.93. The molecule has 0 spiro atoms. The van der Waals surface area contributed by atoms with Crippen LogP contribution in [0.2, 0.25) is 0 Å². The smallest absolute Gasteiger partial charge is 0.302 e. The Kier molecular flexibility index (Phi) is 4.61. The lowest BCUT2D eigenvalue weighted by molar-refractivity contribution is -0.142. The minimum atomic E-state index is -0.544. The number of esters is 1. The van der Waals surface area contributed by atoms with E-state index in [9.17, 15) is 14.4 Å². The monoisotopic (exact) mass is 311 g/mol. The number of anilines is 3. The maximum atomic E-state index is 12.2. The number of hydrogen-bond donors (Lipinski definition) is 2. The molecule has 0 aromatic carbocycles. The van der Waals surface area contributed by atoms with Crippen molar-refractivity contribution in [3.63, 3.8) is 0 Å². The molecule has 1 aromatic heterocycles. The molecule has 0 amide bonds. The van der Waals surface area contributed by atoms with Crippen LogP contribution in [0.3, 0.4) is 0 Å². The highest BCUT2D eigenvalue weighted by Gasteiger charge is 2.26. The SMILES string of the molecule is CC(=O)OCCOCN1CNc2c1nc(N)n(C(C)=O)c2=O. The van der Waals surface area contributed by atoms with E-state index in [1.165, 1.54) is 13.8 Å². The van der Waals surface area contributed by atoms with Crippen LogP contribution in [0.15, 0.2) is 4.79 Å².